The van der Waals surface area contributed by atoms with E-state index in [1.165, 1.54) is 31.2 Å². The zero-order valence-electron chi connectivity index (χ0n) is 23.7. The van der Waals surface area contributed by atoms with E-state index in [-0.39, 0.29) is 23.0 Å². The lowest BCUT2D eigenvalue weighted by molar-refractivity contribution is -0.136. The van der Waals surface area contributed by atoms with E-state index in [1.807, 2.05) is 0 Å². The Hall–Kier alpha value is -2.55. The van der Waals surface area contributed by atoms with Gasteiger partial charge in [0, 0.05) is 24.2 Å². The summed E-state index contributed by atoms with van der Waals surface area (Å²) >= 11 is 1.10. The van der Waals surface area contributed by atoms with Crippen LogP contribution in [0, 0.1) is 11.8 Å². The van der Waals surface area contributed by atoms with Crippen LogP contribution < -0.4 is 10.6 Å². The van der Waals surface area contributed by atoms with Gasteiger partial charge in [-0.3, -0.25) is 23.8 Å². The highest BCUT2D eigenvalue weighted by molar-refractivity contribution is 7.51. The minimum absolute atomic E-state index is 0.168. The number of hydrogen-bond donors (Lipinski definition) is 5. The Bertz CT molecular complexity index is 1540. The Morgan fingerprint density at radius 2 is 1.82 bits per heavy atom. The molecule has 3 amide bonds. The molecule has 6 rings (SSSR count). The molecule has 4 fully saturated rings. The lowest BCUT2D eigenvalue weighted by atomic mass is 9.98. The van der Waals surface area contributed by atoms with Crippen LogP contribution in [0.4, 0.5) is 13.2 Å². The Labute approximate surface area is 254 Å². The Balaban J connectivity index is 1.19. The summed E-state index contributed by atoms with van der Waals surface area (Å²) in [5.74, 6) is -6.80. The van der Waals surface area contributed by atoms with E-state index in [0.717, 1.165) is 29.1 Å². The quantitative estimate of drug-likeness (QED) is 0.297. The van der Waals surface area contributed by atoms with Crippen molar-refractivity contribution in [3.63, 3.8) is 0 Å². The highest BCUT2D eigenvalue weighted by atomic mass is 32.1. The number of halogens is 3. The van der Waals surface area contributed by atoms with Crippen LogP contribution in [0.2, 0.25) is 0 Å². The SMILES string of the molecule is CC(=O)N1CC(NC(=O)[C@@H]2CC[C@@H]3C[C@H]4C[C@H]4C[C@H](NC(=O)c4cc5cc(C(F)P(=O)(O)O)ccc5s4)C(O)N32)C(F)(F)C1. The number of carbonyl (C=O) groups is 3. The van der Waals surface area contributed by atoms with Gasteiger partial charge in [0.15, 0.2) is 0 Å². The van der Waals surface area contributed by atoms with Crippen molar-refractivity contribution in [3.8, 4) is 0 Å². The number of fused-ring (bicyclic) bond motifs is 3. The van der Waals surface area contributed by atoms with Crippen LogP contribution in [-0.2, 0) is 14.2 Å². The molecule has 0 bridgehead atoms. The van der Waals surface area contributed by atoms with Gasteiger partial charge in [0.05, 0.1) is 23.5 Å². The smallest absolute Gasteiger partial charge is 0.363 e. The molecule has 16 heteroatoms. The largest absolute Gasteiger partial charge is 0.376 e. The van der Waals surface area contributed by atoms with Gasteiger partial charge in [0.2, 0.25) is 17.7 Å². The first-order chi connectivity index (χ1) is 20.6. The van der Waals surface area contributed by atoms with Crippen LogP contribution in [0.1, 0.15) is 60.2 Å². The number of alkyl halides is 3. The van der Waals surface area contributed by atoms with E-state index >= 15 is 0 Å². The Kier molecular flexibility index (Phi) is 8.11. The molecular weight excluding hydrogens is 624 g/mol. The molecule has 2 aromatic rings. The Morgan fingerprint density at radius 3 is 2.50 bits per heavy atom. The van der Waals surface area contributed by atoms with Crippen LogP contribution >= 0.6 is 18.9 Å². The lowest BCUT2D eigenvalue weighted by Gasteiger charge is -2.40. The Morgan fingerprint density at radius 1 is 1.09 bits per heavy atom. The molecule has 240 valence electrons. The fourth-order valence-corrected chi connectivity index (χ4v) is 8.53. The van der Waals surface area contributed by atoms with Gasteiger partial charge in [0.1, 0.15) is 12.3 Å². The van der Waals surface area contributed by atoms with Crippen molar-refractivity contribution < 1.29 is 47.0 Å². The second kappa shape index (κ2) is 11.4. The zero-order chi connectivity index (χ0) is 31.7. The highest BCUT2D eigenvalue weighted by Gasteiger charge is 2.54. The number of hydrogen-bond acceptors (Lipinski definition) is 7. The molecule has 11 nitrogen and oxygen atoms in total. The average Bonchev–Trinajstić information content (AvgIpc) is 3.25. The minimum Gasteiger partial charge on any atom is -0.376 e. The van der Waals surface area contributed by atoms with E-state index in [2.05, 4.69) is 10.6 Å². The third-order valence-electron chi connectivity index (χ3n) is 9.45. The molecular formula is C28H34F3N4O7PS. The summed E-state index contributed by atoms with van der Waals surface area (Å²) in [6.45, 7) is 0.109. The number of benzene rings is 1. The first-order valence-electron chi connectivity index (χ1n) is 14.5. The van der Waals surface area contributed by atoms with Crippen molar-refractivity contribution in [2.75, 3.05) is 13.1 Å². The molecule has 4 aliphatic rings. The number of likely N-dealkylation sites (tertiary alicyclic amines) is 1. The maximum absolute atomic E-state index is 14.6. The number of aliphatic hydroxyl groups excluding tert-OH is 1. The molecule has 44 heavy (non-hydrogen) atoms. The van der Waals surface area contributed by atoms with Crippen LogP contribution in [-0.4, -0.2) is 91.8 Å². The third kappa shape index (κ3) is 6.02. The number of nitrogens with one attached hydrogen (secondary N) is 2. The number of nitrogens with zero attached hydrogens (tertiary/aromatic N) is 2. The van der Waals surface area contributed by atoms with Gasteiger partial charge in [-0.2, -0.15) is 0 Å². The summed E-state index contributed by atoms with van der Waals surface area (Å²) in [7, 11) is -5.01. The first kappa shape index (κ1) is 31.4. The maximum atomic E-state index is 14.6. The fourth-order valence-electron chi connectivity index (χ4n) is 7.03. The molecule has 0 radical (unpaired) electrons. The summed E-state index contributed by atoms with van der Waals surface area (Å²) in [5, 5.41) is 17.4. The van der Waals surface area contributed by atoms with Crippen molar-refractivity contribution in [2.24, 2.45) is 11.8 Å². The topological polar surface area (TPSA) is 160 Å². The van der Waals surface area contributed by atoms with Gasteiger partial charge in [-0.15, -0.1) is 11.3 Å². The van der Waals surface area contributed by atoms with Gasteiger partial charge < -0.3 is 30.4 Å². The molecule has 8 atom stereocenters. The molecule has 3 unspecified atom stereocenters. The molecule has 5 N–H and O–H groups in total. The van der Waals surface area contributed by atoms with Crippen LogP contribution in [0.15, 0.2) is 24.3 Å². The van der Waals surface area contributed by atoms with Crippen molar-refractivity contribution in [3.05, 3.63) is 34.7 Å². The summed E-state index contributed by atoms with van der Waals surface area (Å²) < 4.78 is 55.5. The van der Waals surface area contributed by atoms with E-state index in [4.69, 9.17) is 0 Å². The van der Waals surface area contributed by atoms with Crippen LogP contribution in [0.5, 0.6) is 0 Å². The number of thiophene rings is 1. The van der Waals surface area contributed by atoms with Gasteiger partial charge in [-0.05, 0) is 73.1 Å². The highest BCUT2D eigenvalue weighted by Crippen LogP contribution is 2.53. The van der Waals surface area contributed by atoms with E-state index < -0.39 is 68.1 Å². The summed E-state index contributed by atoms with van der Waals surface area (Å²) in [5.41, 5.74) is -0.209. The van der Waals surface area contributed by atoms with Crippen molar-refractivity contribution in [1.29, 1.82) is 0 Å². The summed E-state index contributed by atoms with van der Waals surface area (Å²) in [6, 6.07) is 2.14. The van der Waals surface area contributed by atoms with Crippen LogP contribution in [0.25, 0.3) is 10.1 Å². The molecule has 3 aliphatic heterocycles. The number of amides is 3. The molecule has 3 saturated heterocycles. The second-order valence-corrected chi connectivity index (χ2v) is 15.2. The fraction of sp³-hybridized carbons (Fsp3) is 0.607. The summed E-state index contributed by atoms with van der Waals surface area (Å²) in [6.07, 6.45) is 1.81. The first-order valence-corrected chi connectivity index (χ1v) is 17.0. The number of rotatable bonds is 6. The van der Waals surface area contributed by atoms with Gasteiger partial charge in [-0.1, -0.05) is 6.07 Å². The maximum Gasteiger partial charge on any atom is 0.363 e. The van der Waals surface area contributed by atoms with Crippen molar-refractivity contribution >= 4 is 46.7 Å². The lowest BCUT2D eigenvalue weighted by Crippen LogP contribution is -2.60. The van der Waals surface area contributed by atoms with E-state index in [1.54, 1.807) is 4.90 Å². The molecule has 4 heterocycles. The van der Waals surface area contributed by atoms with Gasteiger partial charge in [0.25, 0.3) is 11.8 Å². The summed E-state index contributed by atoms with van der Waals surface area (Å²) in [4.78, 5) is 59.7. The molecule has 1 aromatic carbocycles. The molecule has 1 aromatic heterocycles. The number of aliphatic hydroxyl groups is 1. The van der Waals surface area contributed by atoms with Crippen LogP contribution in [0.3, 0.4) is 0 Å². The molecule has 1 saturated carbocycles. The minimum atomic E-state index is -5.01. The van der Waals surface area contributed by atoms with Crippen molar-refractivity contribution in [2.45, 2.75) is 81.3 Å². The zero-order valence-corrected chi connectivity index (χ0v) is 25.4. The monoisotopic (exact) mass is 658 g/mol. The third-order valence-corrected chi connectivity index (χ3v) is 11.5. The average molecular weight is 659 g/mol. The second-order valence-electron chi connectivity index (χ2n) is 12.5. The van der Waals surface area contributed by atoms with Crippen molar-refractivity contribution in [1.82, 2.24) is 20.4 Å². The number of carbonyl (C=O) groups excluding carboxylic acids is 3. The predicted octanol–water partition coefficient (Wildman–Crippen LogP) is 2.71. The van der Waals surface area contributed by atoms with Gasteiger partial charge >= 0.3 is 7.60 Å². The molecule has 1 aliphatic carbocycles. The predicted molar refractivity (Wildman–Crippen MR) is 154 cm³/mol. The molecule has 0 spiro atoms. The van der Waals surface area contributed by atoms with E-state index in [9.17, 15) is 47.0 Å². The van der Waals surface area contributed by atoms with Gasteiger partial charge in [-0.25, -0.2) is 13.2 Å². The standard InChI is InChI=1S/C28H34F3N4O7PS/c1-13(36)34-11-23(28(30,31)12-34)33-25(37)20-4-3-18-8-15-7-16(15)9-19(27(39)35(18)20)32-26(38)22-10-17-6-14(2-5-21(17)44-22)24(29)43(40,41)42/h2,5-6,10,15-16,18-20,23-24,27,39H,3-4,7-9,11-12H2,1H3,(H,32,38)(H,33,37)(H2,40,41,42)/t15-,16+,18-,19+,20+,23?,24?,27?/m1/s1. The normalized spacial score (nSPS) is 32.3. The van der Waals surface area contributed by atoms with E-state index in [0.29, 0.717) is 41.2 Å².